The van der Waals surface area contributed by atoms with E-state index < -0.39 is 0 Å². The Labute approximate surface area is 128 Å². The molecule has 0 aromatic heterocycles. The van der Waals surface area contributed by atoms with E-state index in [0.717, 1.165) is 18.4 Å². The van der Waals surface area contributed by atoms with Gasteiger partial charge >= 0.3 is 0 Å². The van der Waals surface area contributed by atoms with Crippen molar-refractivity contribution in [2.24, 2.45) is 0 Å². The Morgan fingerprint density at radius 2 is 1.24 bits per heavy atom. The van der Waals surface area contributed by atoms with Crippen LogP contribution in [-0.2, 0) is 6.42 Å². The molecule has 2 aromatic carbocycles. The number of carbonyl (C=O) groups excluding carboxylic acids is 1. The predicted octanol–water partition coefficient (Wildman–Crippen LogP) is 5.45. The lowest BCUT2D eigenvalue weighted by atomic mass is 10.0. The molecule has 0 unspecified atom stereocenters. The second-order valence-corrected chi connectivity index (χ2v) is 5.54. The van der Waals surface area contributed by atoms with Gasteiger partial charge in [-0.05, 0) is 24.8 Å². The Morgan fingerprint density at radius 3 is 1.95 bits per heavy atom. The summed E-state index contributed by atoms with van der Waals surface area (Å²) in [6.07, 6.45) is 7.76. The molecule has 0 saturated carbocycles. The lowest BCUT2D eigenvalue weighted by molar-refractivity contribution is 0.0979. The van der Waals surface area contributed by atoms with Gasteiger partial charge in [-0.15, -0.1) is 0 Å². The van der Waals surface area contributed by atoms with Crippen LogP contribution in [0.4, 0.5) is 0 Å². The molecule has 0 atom stereocenters. The first-order valence-electron chi connectivity index (χ1n) is 7.98. The average Bonchev–Trinajstić information content (AvgIpc) is 2.55. The molecule has 0 spiro atoms. The highest BCUT2D eigenvalue weighted by atomic mass is 16.1. The molecule has 0 fully saturated rings. The van der Waals surface area contributed by atoms with Crippen molar-refractivity contribution in [2.75, 3.05) is 0 Å². The van der Waals surface area contributed by atoms with Gasteiger partial charge in [0, 0.05) is 12.0 Å². The van der Waals surface area contributed by atoms with Gasteiger partial charge in [-0.1, -0.05) is 79.9 Å². The van der Waals surface area contributed by atoms with Gasteiger partial charge < -0.3 is 0 Å². The Morgan fingerprint density at radius 1 is 0.667 bits per heavy atom. The second-order valence-electron chi connectivity index (χ2n) is 5.54. The van der Waals surface area contributed by atoms with E-state index in [2.05, 4.69) is 30.3 Å². The molecule has 110 valence electrons. The fourth-order valence-corrected chi connectivity index (χ4v) is 2.56. The van der Waals surface area contributed by atoms with E-state index in [4.69, 9.17) is 0 Å². The van der Waals surface area contributed by atoms with Crippen molar-refractivity contribution in [2.45, 2.75) is 44.9 Å². The number of benzene rings is 2. The van der Waals surface area contributed by atoms with Gasteiger partial charge in [-0.25, -0.2) is 0 Å². The Balaban J connectivity index is 1.51. The van der Waals surface area contributed by atoms with Crippen molar-refractivity contribution < 1.29 is 4.79 Å². The summed E-state index contributed by atoms with van der Waals surface area (Å²) >= 11 is 0. The fraction of sp³-hybridized carbons (Fsp3) is 0.350. The van der Waals surface area contributed by atoms with Gasteiger partial charge in [0.05, 0.1) is 0 Å². The van der Waals surface area contributed by atoms with Crippen LogP contribution in [0.2, 0.25) is 0 Å². The molecule has 0 aliphatic rings. The molecular formula is C20H24O. The van der Waals surface area contributed by atoms with Crippen LogP contribution in [-0.4, -0.2) is 5.78 Å². The van der Waals surface area contributed by atoms with Gasteiger partial charge in [-0.3, -0.25) is 4.79 Å². The molecule has 1 heteroatoms. The second kappa shape index (κ2) is 9.12. The maximum Gasteiger partial charge on any atom is 0.162 e. The number of unbranched alkanes of at least 4 members (excludes halogenated alkanes) is 4. The van der Waals surface area contributed by atoms with Gasteiger partial charge in [0.15, 0.2) is 5.78 Å². The molecule has 0 heterocycles. The maximum atomic E-state index is 11.9. The summed E-state index contributed by atoms with van der Waals surface area (Å²) < 4.78 is 0. The van der Waals surface area contributed by atoms with E-state index in [1.165, 1.54) is 31.2 Å². The zero-order valence-corrected chi connectivity index (χ0v) is 12.6. The number of aryl methyl sites for hydroxylation is 1. The van der Waals surface area contributed by atoms with Crippen LogP contribution in [0.5, 0.6) is 0 Å². The van der Waals surface area contributed by atoms with Crippen LogP contribution in [0.3, 0.4) is 0 Å². The minimum atomic E-state index is 0.278. The molecule has 0 N–H and O–H groups in total. The minimum Gasteiger partial charge on any atom is -0.294 e. The number of hydrogen-bond acceptors (Lipinski definition) is 1. The molecule has 0 aliphatic carbocycles. The van der Waals surface area contributed by atoms with Crippen LogP contribution in [0.1, 0.15) is 54.4 Å². The molecule has 1 nitrogen and oxygen atoms in total. The monoisotopic (exact) mass is 280 g/mol. The number of rotatable bonds is 9. The van der Waals surface area contributed by atoms with Crippen molar-refractivity contribution in [1.82, 2.24) is 0 Å². The minimum absolute atomic E-state index is 0.278. The van der Waals surface area contributed by atoms with Gasteiger partial charge in [-0.2, -0.15) is 0 Å². The number of carbonyl (C=O) groups is 1. The highest BCUT2D eigenvalue weighted by Gasteiger charge is 2.03. The molecule has 0 bridgehead atoms. The van der Waals surface area contributed by atoms with Gasteiger partial charge in [0.1, 0.15) is 0 Å². The highest BCUT2D eigenvalue weighted by molar-refractivity contribution is 5.95. The summed E-state index contributed by atoms with van der Waals surface area (Å²) in [4.78, 5) is 11.9. The first kappa shape index (κ1) is 15.5. The summed E-state index contributed by atoms with van der Waals surface area (Å²) in [5.74, 6) is 0.278. The Bertz CT molecular complexity index is 516. The quantitative estimate of drug-likeness (QED) is 0.441. The molecule has 0 amide bonds. The van der Waals surface area contributed by atoms with E-state index >= 15 is 0 Å². The Kier molecular flexibility index (Phi) is 6.73. The van der Waals surface area contributed by atoms with Gasteiger partial charge in [0.25, 0.3) is 0 Å². The summed E-state index contributed by atoms with van der Waals surface area (Å²) in [5.41, 5.74) is 2.28. The molecule has 0 aliphatic heterocycles. The standard InChI is InChI=1S/C20H24O/c21-20(19-15-9-5-10-16-19)17-11-3-1-2-6-12-18-13-7-4-8-14-18/h4-5,7-10,13-16H,1-3,6,11-12,17H2. The summed E-state index contributed by atoms with van der Waals surface area (Å²) in [6, 6.07) is 20.3. The molecular weight excluding hydrogens is 256 g/mol. The summed E-state index contributed by atoms with van der Waals surface area (Å²) in [5, 5.41) is 0. The number of ketones is 1. The lowest BCUT2D eigenvalue weighted by Gasteiger charge is -2.03. The summed E-state index contributed by atoms with van der Waals surface area (Å²) in [6.45, 7) is 0. The van der Waals surface area contributed by atoms with E-state index in [1.54, 1.807) is 0 Å². The van der Waals surface area contributed by atoms with Crippen LogP contribution in [0, 0.1) is 0 Å². The number of hydrogen-bond donors (Lipinski definition) is 0. The zero-order valence-electron chi connectivity index (χ0n) is 12.6. The van der Waals surface area contributed by atoms with Gasteiger partial charge in [0.2, 0.25) is 0 Å². The lowest BCUT2D eigenvalue weighted by Crippen LogP contribution is -1.98. The van der Waals surface area contributed by atoms with Crippen LogP contribution in [0.15, 0.2) is 60.7 Å². The molecule has 2 aromatic rings. The van der Waals surface area contributed by atoms with Crippen LogP contribution < -0.4 is 0 Å². The van der Waals surface area contributed by atoms with E-state index in [0.29, 0.717) is 6.42 Å². The predicted molar refractivity (Wildman–Crippen MR) is 88.6 cm³/mol. The largest absolute Gasteiger partial charge is 0.294 e. The third-order valence-corrected chi connectivity index (χ3v) is 3.81. The van der Waals surface area contributed by atoms with Crippen molar-refractivity contribution in [1.29, 1.82) is 0 Å². The maximum absolute atomic E-state index is 11.9. The topological polar surface area (TPSA) is 17.1 Å². The van der Waals surface area contributed by atoms with Crippen LogP contribution >= 0.6 is 0 Å². The highest BCUT2D eigenvalue weighted by Crippen LogP contribution is 2.12. The molecule has 21 heavy (non-hydrogen) atoms. The van der Waals surface area contributed by atoms with E-state index in [-0.39, 0.29) is 5.78 Å². The fourth-order valence-electron chi connectivity index (χ4n) is 2.56. The van der Waals surface area contributed by atoms with E-state index in [9.17, 15) is 4.79 Å². The van der Waals surface area contributed by atoms with Crippen molar-refractivity contribution >= 4 is 5.78 Å². The Hall–Kier alpha value is -1.89. The van der Waals surface area contributed by atoms with Crippen molar-refractivity contribution in [3.8, 4) is 0 Å². The SMILES string of the molecule is O=C(CCCCCCCc1ccccc1)c1ccccc1. The van der Waals surface area contributed by atoms with E-state index in [1.807, 2.05) is 30.3 Å². The van der Waals surface area contributed by atoms with Crippen molar-refractivity contribution in [3.05, 3.63) is 71.8 Å². The third kappa shape index (κ3) is 5.95. The smallest absolute Gasteiger partial charge is 0.162 e. The molecule has 2 rings (SSSR count). The molecule has 0 saturated heterocycles. The first-order valence-corrected chi connectivity index (χ1v) is 7.98. The normalized spacial score (nSPS) is 10.5. The average molecular weight is 280 g/mol. The first-order chi connectivity index (χ1) is 10.4. The molecule has 0 radical (unpaired) electrons. The third-order valence-electron chi connectivity index (χ3n) is 3.81. The number of Topliss-reactive ketones (excluding diaryl/α,β-unsaturated/α-hetero) is 1. The van der Waals surface area contributed by atoms with Crippen LogP contribution in [0.25, 0.3) is 0 Å². The zero-order chi connectivity index (χ0) is 14.8. The van der Waals surface area contributed by atoms with Crippen molar-refractivity contribution in [3.63, 3.8) is 0 Å². The summed E-state index contributed by atoms with van der Waals surface area (Å²) in [7, 11) is 0.